The van der Waals surface area contributed by atoms with Crippen LogP contribution in [0.2, 0.25) is 0 Å². The molecule has 1 aliphatic rings. The van der Waals surface area contributed by atoms with Gasteiger partial charge >= 0.3 is 10.4 Å². The molecule has 2 rings (SSSR count). The maximum Gasteiger partial charge on any atom is 0.397 e. The molecule has 1 aromatic rings. The second-order valence-electron chi connectivity index (χ2n) is 3.89. The number of benzene rings is 1. The molecule has 1 heterocycles. The van der Waals surface area contributed by atoms with Crippen molar-refractivity contribution in [3.8, 4) is 0 Å². The first-order chi connectivity index (χ1) is 8.35. The van der Waals surface area contributed by atoms with Gasteiger partial charge in [0.25, 0.3) is 0 Å². The Labute approximate surface area is 108 Å². The molecule has 1 N–H and O–H groups in total. The molecule has 6 heteroatoms. The summed E-state index contributed by atoms with van der Waals surface area (Å²) in [5, 5.41) is 0. The van der Waals surface area contributed by atoms with Crippen molar-refractivity contribution < 1.29 is 17.2 Å². The van der Waals surface area contributed by atoms with Crippen LogP contribution in [0.1, 0.15) is 18.4 Å². The number of para-hydroxylation sites is 1. The molecule has 1 atom stereocenters. The minimum atomic E-state index is -4.16. The van der Waals surface area contributed by atoms with Crippen LogP contribution in [-0.2, 0) is 14.6 Å². The molecule has 0 bridgehead atoms. The van der Waals surface area contributed by atoms with E-state index in [2.05, 4.69) is 59.6 Å². The Morgan fingerprint density at radius 3 is 2.39 bits per heavy atom. The van der Waals surface area contributed by atoms with Crippen LogP contribution in [0.5, 0.6) is 0 Å². The minimum Gasteiger partial charge on any atom is -0.351 e. The van der Waals surface area contributed by atoms with E-state index in [4.69, 9.17) is 4.55 Å². The van der Waals surface area contributed by atoms with Crippen molar-refractivity contribution in [2.24, 2.45) is 0 Å². The summed E-state index contributed by atoms with van der Waals surface area (Å²) in [5.74, 6) is 0.553. The summed E-state index contributed by atoms with van der Waals surface area (Å²) in [5.41, 5.74) is 2.75. The number of hydrogen-bond donors (Lipinski definition) is 1. The van der Waals surface area contributed by atoms with Crippen LogP contribution < -0.4 is 4.90 Å². The molecule has 0 radical (unpaired) electrons. The smallest absolute Gasteiger partial charge is 0.351 e. The lowest BCUT2D eigenvalue weighted by molar-refractivity contribution is 0.324. The van der Waals surface area contributed by atoms with Crippen LogP contribution in [0.25, 0.3) is 0 Å². The molecular weight excluding hydrogens is 254 g/mol. The van der Waals surface area contributed by atoms with Gasteiger partial charge in [-0.25, -0.2) is 0 Å². The van der Waals surface area contributed by atoms with Crippen molar-refractivity contribution >= 4 is 16.1 Å². The maximum absolute atomic E-state index is 9.33. The lowest BCUT2D eigenvalue weighted by Gasteiger charge is -2.25. The van der Waals surface area contributed by atoms with Crippen LogP contribution in [-0.4, -0.2) is 27.1 Å². The van der Waals surface area contributed by atoms with Crippen molar-refractivity contribution in [1.29, 1.82) is 0 Å². The summed E-state index contributed by atoms with van der Waals surface area (Å²) in [7, 11) is -1.21. The van der Waals surface area contributed by atoms with Crippen LogP contribution in [0.15, 0.2) is 36.5 Å². The molecule has 100 valence electrons. The van der Waals surface area contributed by atoms with Crippen molar-refractivity contribution in [3.63, 3.8) is 0 Å². The molecule has 0 aromatic heterocycles. The highest BCUT2D eigenvalue weighted by Crippen LogP contribution is 2.31. The number of fused-ring (bicyclic) bond motifs is 1. The van der Waals surface area contributed by atoms with E-state index < -0.39 is 10.4 Å². The molecule has 1 aromatic carbocycles. The normalized spacial score (nSPS) is 17.8. The fourth-order valence-electron chi connectivity index (χ4n) is 1.64. The summed E-state index contributed by atoms with van der Waals surface area (Å²) in [6, 6.07) is 8.54. The molecule has 0 spiro atoms. The van der Waals surface area contributed by atoms with Crippen LogP contribution in [0.4, 0.5) is 5.69 Å². The van der Waals surface area contributed by atoms with Crippen LogP contribution in [0, 0.1) is 0 Å². The number of hydrogen-bond acceptors (Lipinski definition) is 4. The molecule has 0 amide bonds. The SMILES string of the molecule is CC1C=CN(C)c2ccccc21.COS(=O)(=O)O. The molecule has 1 aliphatic heterocycles. The predicted octanol–water partition coefficient (Wildman–Crippen LogP) is 2.19. The largest absolute Gasteiger partial charge is 0.397 e. The van der Waals surface area contributed by atoms with Crippen LogP contribution in [0.3, 0.4) is 0 Å². The van der Waals surface area contributed by atoms with E-state index in [1.165, 1.54) is 11.3 Å². The monoisotopic (exact) mass is 271 g/mol. The van der Waals surface area contributed by atoms with Gasteiger partial charge in [0.05, 0.1) is 7.11 Å². The number of anilines is 1. The van der Waals surface area contributed by atoms with Crippen molar-refractivity contribution in [2.75, 3.05) is 19.1 Å². The maximum atomic E-state index is 9.33. The first-order valence-electron chi connectivity index (χ1n) is 5.38. The van der Waals surface area contributed by atoms with E-state index >= 15 is 0 Å². The highest BCUT2D eigenvalue weighted by atomic mass is 32.3. The van der Waals surface area contributed by atoms with E-state index in [1.807, 2.05) is 0 Å². The van der Waals surface area contributed by atoms with Gasteiger partial charge in [0.15, 0.2) is 0 Å². The first kappa shape index (κ1) is 14.7. The summed E-state index contributed by atoms with van der Waals surface area (Å²) in [6.07, 6.45) is 4.36. The van der Waals surface area contributed by atoms with Crippen molar-refractivity contribution in [3.05, 3.63) is 42.1 Å². The Morgan fingerprint density at radius 1 is 1.33 bits per heavy atom. The van der Waals surface area contributed by atoms with Gasteiger partial charge in [0, 0.05) is 24.9 Å². The number of rotatable bonds is 1. The average Bonchev–Trinajstić information content (AvgIpc) is 2.34. The van der Waals surface area contributed by atoms with E-state index in [-0.39, 0.29) is 0 Å². The molecule has 0 aliphatic carbocycles. The lowest BCUT2D eigenvalue weighted by atomic mass is 9.96. The Bertz CT molecular complexity index is 494. The fraction of sp³-hybridized carbons (Fsp3) is 0.333. The molecule has 5 nitrogen and oxygen atoms in total. The van der Waals surface area contributed by atoms with Crippen LogP contribution >= 0.6 is 0 Å². The zero-order valence-corrected chi connectivity index (χ0v) is 11.4. The van der Waals surface area contributed by atoms with Gasteiger partial charge in [0.1, 0.15) is 0 Å². The molecule has 18 heavy (non-hydrogen) atoms. The number of nitrogens with zero attached hydrogens (tertiary/aromatic N) is 1. The number of allylic oxidation sites excluding steroid dienone is 1. The third kappa shape index (κ3) is 4.14. The summed E-state index contributed by atoms with van der Waals surface area (Å²) < 4.78 is 29.7. The minimum absolute atomic E-state index is 0.553. The second-order valence-corrected chi connectivity index (χ2v) is 5.08. The quantitative estimate of drug-likeness (QED) is 0.793. The van der Waals surface area contributed by atoms with Gasteiger partial charge in [-0.1, -0.05) is 31.2 Å². The van der Waals surface area contributed by atoms with E-state index in [0.29, 0.717) is 5.92 Å². The van der Waals surface area contributed by atoms with Gasteiger partial charge in [0.2, 0.25) is 0 Å². The summed E-state index contributed by atoms with van der Waals surface area (Å²) in [4.78, 5) is 2.16. The van der Waals surface area contributed by atoms with E-state index in [9.17, 15) is 8.42 Å². The first-order valence-corrected chi connectivity index (χ1v) is 6.75. The fourth-order valence-corrected chi connectivity index (χ4v) is 1.64. The van der Waals surface area contributed by atoms with Gasteiger partial charge in [-0.2, -0.15) is 8.42 Å². The van der Waals surface area contributed by atoms with Crippen molar-refractivity contribution in [1.82, 2.24) is 0 Å². The van der Waals surface area contributed by atoms with Gasteiger partial charge in [-0.15, -0.1) is 0 Å². The van der Waals surface area contributed by atoms with Gasteiger partial charge in [-0.05, 0) is 11.6 Å². The summed E-state index contributed by atoms with van der Waals surface area (Å²) >= 11 is 0. The summed E-state index contributed by atoms with van der Waals surface area (Å²) in [6.45, 7) is 2.22. The van der Waals surface area contributed by atoms with Crippen molar-refractivity contribution in [2.45, 2.75) is 12.8 Å². The molecule has 0 fully saturated rings. The predicted molar refractivity (Wildman–Crippen MR) is 71.0 cm³/mol. The zero-order valence-electron chi connectivity index (χ0n) is 10.6. The highest BCUT2D eigenvalue weighted by molar-refractivity contribution is 7.80. The molecule has 1 unspecified atom stereocenters. The molecule has 0 saturated carbocycles. The molecular formula is C12H17NO4S. The molecule has 0 saturated heterocycles. The average molecular weight is 271 g/mol. The van der Waals surface area contributed by atoms with E-state index in [1.54, 1.807) is 0 Å². The Morgan fingerprint density at radius 2 is 1.89 bits per heavy atom. The third-order valence-corrected chi connectivity index (χ3v) is 3.04. The standard InChI is InChI=1S/C11H13N.CH4O4S/c1-9-7-8-12(2)11-6-4-3-5-10(9)11;1-5-6(2,3)4/h3-9H,1-2H3;1H3,(H,2,3,4). The Balaban J connectivity index is 0.000000232. The second kappa shape index (κ2) is 5.99. The van der Waals surface area contributed by atoms with Gasteiger partial charge in [-0.3, -0.25) is 8.74 Å². The highest BCUT2D eigenvalue weighted by Gasteiger charge is 2.13. The third-order valence-electron chi connectivity index (χ3n) is 2.62. The lowest BCUT2D eigenvalue weighted by Crippen LogP contribution is -2.15. The topological polar surface area (TPSA) is 66.8 Å². The Kier molecular flexibility index (Phi) is 4.89. The zero-order chi connectivity index (χ0) is 13.8. The Hall–Kier alpha value is -1.37. The van der Waals surface area contributed by atoms with E-state index in [0.717, 1.165) is 7.11 Å². The van der Waals surface area contributed by atoms with Gasteiger partial charge < -0.3 is 4.90 Å².